The van der Waals surface area contributed by atoms with Gasteiger partial charge in [0, 0.05) is 28.0 Å². The van der Waals surface area contributed by atoms with E-state index in [4.69, 9.17) is 9.85 Å². The van der Waals surface area contributed by atoms with Crippen LogP contribution in [0.1, 0.15) is 34.6 Å². The first kappa shape index (κ1) is 17.8. The number of nitrogen functional groups attached to an aromatic ring is 1. The van der Waals surface area contributed by atoms with Crippen LogP contribution in [0.2, 0.25) is 0 Å². The van der Waals surface area contributed by atoms with Crippen LogP contribution in [0.3, 0.4) is 0 Å². The first-order chi connectivity index (χ1) is 16.1. The smallest absolute Gasteiger partial charge is 0.396 e. The van der Waals surface area contributed by atoms with Crippen LogP contribution < -0.4 is 10.5 Å². The Labute approximate surface area is 185 Å². The van der Waals surface area contributed by atoms with Crippen LogP contribution in [0.5, 0.6) is 0 Å². The van der Waals surface area contributed by atoms with Crippen molar-refractivity contribution >= 4 is 21.5 Å². The zero-order valence-corrected chi connectivity index (χ0v) is 17.3. The number of aromatic nitrogens is 3. The standard InChI is InChI=1S/C20H20F3N5O3S/c1-11-2-3-12(32(30,31)27-19-7-18(8-19,9-19)10-29)4-13(11)14-5-25-17-16(24)26-15(6-28(14)17)20(21,22)23/h2-6,27,29H,7-10H2,1H3,(H2,24,26)/i1D3. The molecule has 32 heavy (non-hydrogen) atoms. The van der Waals surface area contributed by atoms with E-state index in [0.29, 0.717) is 25.5 Å². The van der Waals surface area contributed by atoms with Crippen LogP contribution in [-0.2, 0) is 16.2 Å². The molecule has 1 aromatic carbocycles. The molecule has 0 spiro atoms. The number of imidazole rings is 1. The largest absolute Gasteiger partial charge is 0.434 e. The molecule has 0 aliphatic heterocycles. The number of fused-ring (bicyclic) bond motifs is 1. The van der Waals surface area contributed by atoms with Gasteiger partial charge in [-0.15, -0.1) is 0 Å². The Hall–Kier alpha value is -2.70. The van der Waals surface area contributed by atoms with Gasteiger partial charge in [0.2, 0.25) is 10.0 Å². The van der Waals surface area contributed by atoms with Crippen LogP contribution in [-0.4, -0.2) is 40.0 Å². The van der Waals surface area contributed by atoms with E-state index in [-0.39, 0.29) is 39.4 Å². The highest BCUT2D eigenvalue weighted by atomic mass is 32.2. The minimum atomic E-state index is -4.83. The van der Waals surface area contributed by atoms with Gasteiger partial charge in [-0.25, -0.2) is 23.1 Å². The summed E-state index contributed by atoms with van der Waals surface area (Å²) in [7, 11) is -4.11. The SMILES string of the molecule is [2H]C([2H])([2H])c1ccc(S(=O)(=O)NC23CC(CO)(C2)C3)cc1-c1cnc2c(N)nc(C(F)(F)F)cn12. The molecule has 3 aromatic rings. The van der Waals surface area contributed by atoms with Gasteiger partial charge in [0.05, 0.1) is 16.8 Å². The summed E-state index contributed by atoms with van der Waals surface area (Å²) in [4.78, 5) is 7.04. The van der Waals surface area contributed by atoms with Crippen molar-refractivity contribution in [3.8, 4) is 11.3 Å². The molecule has 0 amide bonds. The van der Waals surface area contributed by atoms with Gasteiger partial charge in [-0.1, -0.05) is 6.07 Å². The molecule has 2 aromatic heterocycles. The second kappa shape index (κ2) is 6.42. The Morgan fingerprint density at radius 3 is 2.69 bits per heavy atom. The van der Waals surface area contributed by atoms with Crippen molar-refractivity contribution in [3.05, 3.63) is 41.9 Å². The highest BCUT2D eigenvalue weighted by Crippen LogP contribution is 2.67. The number of hydrogen-bond acceptors (Lipinski definition) is 6. The van der Waals surface area contributed by atoms with Gasteiger partial charge in [-0.3, -0.25) is 4.40 Å². The Morgan fingerprint density at radius 1 is 1.34 bits per heavy atom. The Kier molecular flexibility index (Phi) is 3.58. The van der Waals surface area contributed by atoms with Crippen molar-refractivity contribution in [3.63, 3.8) is 0 Å². The zero-order valence-electron chi connectivity index (χ0n) is 19.4. The quantitative estimate of drug-likeness (QED) is 0.527. The number of nitrogens with one attached hydrogen (secondary N) is 1. The van der Waals surface area contributed by atoms with Crippen molar-refractivity contribution < 1.29 is 30.8 Å². The molecule has 170 valence electrons. The van der Waals surface area contributed by atoms with Crippen LogP contribution in [0.15, 0.2) is 35.5 Å². The summed E-state index contributed by atoms with van der Waals surface area (Å²) in [6.07, 6.45) is -1.59. The topological polar surface area (TPSA) is 123 Å². The number of aliphatic hydroxyl groups excluding tert-OH is 1. The molecule has 6 rings (SSSR count). The number of aryl methyl sites for hydroxylation is 1. The third kappa shape index (κ3) is 3.08. The fourth-order valence-corrected chi connectivity index (χ4v) is 6.29. The van der Waals surface area contributed by atoms with Crippen molar-refractivity contribution in [1.82, 2.24) is 19.1 Å². The fourth-order valence-electron chi connectivity index (χ4n) is 4.87. The molecular weight excluding hydrogens is 447 g/mol. The minimum Gasteiger partial charge on any atom is -0.396 e. The van der Waals surface area contributed by atoms with Crippen LogP contribution in [0.4, 0.5) is 19.0 Å². The van der Waals surface area contributed by atoms with E-state index in [9.17, 15) is 26.7 Å². The number of anilines is 1. The molecule has 0 radical (unpaired) electrons. The minimum absolute atomic E-state index is 0.0277. The lowest BCUT2D eigenvalue weighted by Crippen LogP contribution is -2.75. The molecule has 3 aliphatic rings. The maximum atomic E-state index is 13.3. The third-order valence-corrected chi connectivity index (χ3v) is 7.79. The molecule has 2 bridgehead atoms. The predicted molar refractivity (Wildman–Crippen MR) is 109 cm³/mol. The maximum Gasteiger partial charge on any atom is 0.434 e. The Balaban J connectivity index is 1.63. The van der Waals surface area contributed by atoms with Gasteiger partial charge >= 0.3 is 6.18 Å². The van der Waals surface area contributed by atoms with E-state index in [0.717, 1.165) is 28.8 Å². The summed E-state index contributed by atoms with van der Waals surface area (Å²) in [6, 6.07) is 3.36. The highest BCUT2D eigenvalue weighted by molar-refractivity contribution is 7.89. The van der Waals surface area contributed by atoms with Crippen LogP contribution in [0.25, 0.3) is 16.9 Å². The number of rotatable bonds is 5. The Morgan fingerprint density at radius 2 is 2.06 bits per heavy atom. The van der Waals surface area contributed by atoms with Gasteiger partial charge in [-0.05, 0) is 49.2 Å². The second-order valence-electron chi connectivity index (χ2n) is 8.63. The number of sulfonamides is 1. The fraction of sp³-hybridized carbons (Fsp3) is 0.400. The molecule has 0 saturated heterocycles. The van der Waals surface area contributed by atoms with Crippen molar-refractivity contribution in [2.75, 3.05) is 12.3 Å². The number of alkyl halides is 3. The first-order valence-electron chi connectivity index (χ1n) is 11.1. The number of halogens is 3. The van der Waals surface area contributed by atoms with E-state index in [2.05, 4.69) is 14.7 Å². The molecule has 0 unspecified atom stereocenters. The maximum absolute atomic E-state index is 13.3. The molecule has 12 heteroatoms. The lowest BCUT2D eigenvalue weighted by atomic mass is 9.40. The van der Waals surface area contributed by atoms with E-state index >= 15 is 0 Å². The normalized spacial score (nSPS) is 26.7. The van der Waals surface area contributed by atoms with Gasteiger partial charge in [0.25, 0.3) is 0 Å². The van der Waals surface area contributed by atoms with Gasteiger partial charge < -0.3 is 10.8 Å². The molecule has 0 atom stereocenters. The van der Waals surface area contributed by atoms with Crippen molar-refractivity contribution in [2.45, 2.75) is 42.7 Å². The molecule has 3 aliphatic carbocycles. The van der Waals surface area contributed by atoms with Gasteiger partial charge in [0.1, 0.15) is 0 Å². The van der Waals surface area contributed by atoms with Crippen LogP contribution >= 0.6 is 0 Å². The molecule has 2 heterocycles. The number of hydrogen-bond donors (Lipinski definition) is 3. The summed E-state index contributed by atoms with van der Waals surface area (Å²) < 4.78 is 93.4. The number of benzene rings is 1. The summed E-state index contributed by atoms with van der Waals surface area (Å²) in [5.74, 6) is -0.520. The molecule has 8 nitrogen and oxygen atoms in total. The number of aliphatic hydroxyl groups is 1. The second-order valence-corrected chi connectivity index (χ2v) is 10.3. The molecule has 3 saturated carbocycles. The van der Waals surface area contributed by atoms with Gasteiger partial charge in [-0.2, -0.15) is 13.2 Å². The van der Waals surface area contributed by atoms with E-state index in [1.807, 2.05) is 0 Å². The van der Waals surface area contributed by atoms with Crippen LogP contribution in [0, 0.1) is 12.3 Å². The molecule has 4 N–H and O–H groups in total. The molecule has 3 fully saturated rings. The highest BCUT2D eigenvalue weighted by Gasteiger charge is 2.68. The van der Waals surface area contributed by atoms with Crippen molar-refractivity contribution in [2.24, 2.45) is 5.41 Å². The predicted octanol–water partition coefficient (Wildman–Crippen LogP) is 2.50. The zero-order chi connectivity index (χ0) is 25.6. The van der Waals surface area contributed by atoms with Gasteiger partial charge in [0.15, 0.2) is 17.2 Å². The lowest BCUT2D eigenvalue weighted by Gasteiger charge is -2.69. The summed E-state index contributed by atoms with van der Waals surface area (Å²) >= 11 is 0. The van der Waals surface area contributed by atoms with E-state index in [1.165, 1.54) is 0 Å². The number of nitrogens with two attached hydrogens (primary N) is 1. The van der Waals surface area contributed by atoms with E-state index < -0.39 is 40.1 Å². The third-order valence-electron chi connectivity index (χ3n) is 6.21. The van der Waals surface area contributed by atoms with E-state index in [1.54, 1.807) is 0 Å². The van der Waals surface area contributed by atoms with Crippen molar-refractivity contribution in [1.29, 1.82) is 0 Å². The molecular formula is C20H20F3N5O3S. The Bertz CT molecular complexity index is 1450. The first-order valence-corrected chi connectivity index (χ1v) is 11.1. The lowest BCUT2D eigenvalue weighted by molar-refractivity contribution is -0.167. The average Bonchev–Trinajstić information content (AvgIpc) is 3.12. The monoisotopic (exact) mass is 470 g/mol. The average molecular weight is 470 g/mol. The summed E-state index contributed by atoms with van der Waals surface area (Å²) in [5.41, 5.74) is 2.80. The summed E-state index contributed by atoms with van der Waals surface area (Å²) in [6.45, 7) is -2.73. The number of nitrogens with zero attached hydrogens (tertiary/aromatic N) is 3. The summed E-state index contributed by atoms with van der Waals surface area (Å²) in [5, 5.41) is 9.42.